The number of anilines is 1. The van der Waals surface area contributed by atoms with Crippen LogP contribution >= 0.6 is 0 Å². The van der Waals surface area contributed by atoms with Crippen molar-refractivity contribution >= 4 is 11.6 Å². The SMILES string of the molecule is CCCN(Cc1ccccc1N)C(=O)CC(C)CC. The lowest BCUT2D eigenvalue weighted by Gasteiger charge is -2.24. The quantitative estimate of drug-likeness (QED) is 0.765. The van der Waals surface area contributed by atoms with Crippen LogP contribution in [0.5, 0.6) is 0 Å². The zero-order valence-electron chi connectivity index (χ0n) is 12.4. The highest BCUT2D eigenvalue weighted by atomic mass is 16.2. The fraction of sp³-hybridized carbons (Fsp3) is 0.562. The van der Waals surface area contributed by atoms with Crippen LogP contribution in [0.15, 0.2) is 24.3 Å². The van der Waals surface area contributed by atoms with E-state index in [1.807, 2.05) is 29.2 Å². The van der Waals surface area contributed by atoms with Gasteiger partial charge in [0.25, 0.3) is 0 Å². The van der Waals surface area contributed by atoms with Crippen LogP contribution in [0.3, 0.4) is 0 Å². The van der Waals surface area contributed by atoms with Crippen LogP contribution in [0, 0.1) is 5.92 Å². The minimum absolute atomic E-state index is 0.236. The third-order valence-electron chi connectivity index (χ3n) is 3.48. The van der Waals surface area contributed by atoms with Gasteiger partial charge in [-0.2, -0.15) is 0 Å². The lowest BCUT2D eigenvalue weighted by molar-refractivity contribution is -0.132. The first-order valence-corrected chi connectivity index (χ1v) is 7.19. The number of benzene rings is 1. The smallest absolute Gasteiger partial charge is 0.223 e. The number of carbonyl (C=O) groups excluding carboxylic acids is 1. The number of nitrogen functional groups attached to an aromatic ring is 1. The fourth-order valence-electron chi connectivity index (χ4n) is 2.02. The summed E-state index contributed by atoms with van der Waals surface area (Å²) in [6.45, 7) is 7.76. The van der Waals surface area contributed by atoms with Crippen molar-refractivity contribution in [1.82, 2.24) is 4.90 Å². The number of rotatable bonds is 7. The zero-order valence-corrected chi connectivity index (χ0v) is 12.4. The second-order valence-corrected chi connectivity index (χ2v) is 5.23. The van der Waals surface area contributed by atoms with Gasteiger partial charge in [0.1, 0.15) is 0 Å². The standard InChI is InChI=1S/C16H26N2O/c1-4-10-18(16(19)11-13(3)5-2)12-14-8-6-7-9-15(14)17/h6-9,13H,4-5,10-12,17H2,1-3H3. The summed E-state index contributed by atoms with van der Waals surface area (Å²) in [5.41, 5.74) is 7.75. The van der Waals surface area contributed by atoms with Crippen molar-refractivity contribution < 1.29 is 4.79 Å². The van der Waals surface area contributed by atoms with Crippen LogP contribution < -0.4 is 5.73 Å². The van der Waals surface area contributed by atoms with Crippen molar-refractivity contribution in [2.45, 2.75) is 46.6 Å². The molecular weight excluding hydrogens is 236 g/mol. The van der Waals surface area contributed by atoms with Crippen molar-refractivity contribution in [3.63, 3.8) is 0 Å². The molecule has 1 aromatic rings. The van der Waals surface area contributed by atoms with Gasteiger partial charge in [0.15, 0.2) is 0 Å². The predicted octanol–water partition coefficient (Wildman–Crippen LogP) is 3.44. The second kappa shape index (κ2) is 7.82. The average molecular weight is 262 g/mol. The lowest BCUT2D eigenvalue weighted by Crippen LogP contribution is -2.32. The fourth-order valence-corrected chi connectivity index (χ4v) is 2.02. The first kappa shape index (κ1) is 15.5. The highest BCUT2D eigenvalue weighted by Gasteiger charge is 2.16. The van der Waals surface area contributed by atoms with E-state index in [1.165, 1.54) is 0 Å². The average Bonchev–Trinajstić information content (AvgIpc) is 2.40. The van der Waals surface area contributed by atoms with Crippen LogP contribution in [-0.2, 0) is 11.3 Å². The van der Waals surface area contributed by atoms with Gasteiger partial charge in [-0.05, 0) is 24.0 Å². The molecule has 0 saturated carbocycles. The summed E-state index contributed by atoms with van der Waals surface area (Å²) in [6, 6.07) is 7.77. The Morgan fingerprint density at radius 2 is 2.00 bits per heavy atom. The van der Waals surface area contributed by atoms with Gasteiger partial charge in [-0.15, -0.1) is 0 Å². The molecule has 0 aliphatic rings. The molecular formula is C16H26N2O. The van der Waals surface area contributed by atoms with Crippen LogP contribution in [-0.4, -0.2) is 17.4 Å². The molecule has 0 radical (unpaired) electrons. The van der Waals surface area contributed by atoms with Gasteiger partial charge < -0.3 is 10.6 Å². The molecule has 0 aromatic heterocycles. The molecule has 0 saturated heterocycles. The molecule has 2 N–H and O–H groups in total. The van der Waals surface area contributed by atoms with Gasteiger partial charge >= 0.3 is 0 Å². The molecule has 1 atom stereocenters. The molecule has 1 amide bonds. The van der Waals surface area contributed by atoms with E-state index in [4.69, 9.17) is 5.73 Å². The Bertz CT molecular complexity index is 403. The molecule has 3 nitrogen and oxygen atoms in total. The Balaban J connectivity index is 2.72. The summed E-state index contributed by atoms with van der Waals surface area (Å²) in [5, 5.41) is 0. The van der Waals surface area contributed by atoms with Gasteiger partial charge in [0.2, 0.25) is 5.91 Å². The maximum absolute atomic E-state index is 12.3. The highest BCUT2D eigenvalue weighted by Crippen LogP contribution is 2.16. The molecule has 1 aromatic carbocycles. The Morgan fingerprint density at radius 3 is 2.58 bits per heavy atom. The number of nitrogens with two attached hydrogens (primary N) is 1. The normalized spacial score (nSPS) is 12.2. The lowest BCUT2D eigenvalue weighted by atomic mass is 10.0. The molecule has 0 aliphatic carbocycles. The topological polar surface area (TPSA) is 46.3 Å². The van der Waals surface area contributed by atoms with Crippen molar-refractivity contribution in [1.29, 1.82) is 0 Å². The third kappa shape index (κ3) is 4.93. The first-order valence-electron chi connectivity index (χ1n) is 7.19. The van der Waals surface area contributed by atoms with Crippen LogP contribution in [0.25, 0.3) is 0 Å². The first-order chi connectivity index (χ1) is 9.08. The van der Waals surface area contributed by atoms with E-state index >= 15 is 0 Å². The summed E-state index contributed by atoms with van der Waals surface area (Å²) in [7, 11) is 0. The Hall–Kier alpha value is -1.51. The van der Waals surface area contributed by atoms with Crippen LogP contribution in [0.2, 0.25) is 0 Å². The predicted molar refractivity (Wildman–Crippen MR) is 80.6 cm³/mol. The molecule has 0 fully saturated rings. The molecule has 3 heteroatoms. The summed E-state index contributed by atoms with van der Waals surface area (Å²) in [4.78, 5) is 14.2. The third-order valence-corrected chi connectivity index (χ3v) is 3.48. The second-order valence-electron chi connectivity index (χ2n) is 5.23. The number of hydrogen-bond acceptors (Lipinski definition) is 2. The van der Waals surface area contributed by atoms with E-state index in [0.717, 1.165) is 30.6 Å². The largest absolute Gasteiger partial charge is 0.398 e. The van der Waals surface area contributed by atoms with Gasteiger partial charge in [0, 0.05) is 25.2 Å². The summed E-state index contributed by atoms with van der Waals surface area (Å²) in [6.07, 6.45) is 2.64. The minimum Gasteiger partial charge on any atom is -0.398 e. The van der Waals surface area contributed by atoms with E-state index in [-0.39, 0.29) is 5.91 Å². The van der Waals surface area contributed by atoms with E-state index in [0.29, 0.717) is 18.9 Å². The maximum atomic E-state index is 12.3. The zero-order chi connectivity index (χ0) is 14.3. The van der Waals surface area contributed by atoms with Crippen molar-refractivity contribution in [2.75, 3.05) is 12.3 Å². The molecule has 106 valence electrons. The van der Waals surface area contributed by atoms with Crippen molar-refractivity contribution in [3.8, 4) is 0 Å². The monoisotopic (exact) mass is 262 g/mol. The Kier molecular flexibility index (Phi) is 6.40. The van der Waals surface area contributed by atoms with Crippen LogP contribution in [0.1, 0.15) is 45.6 Å². The van der Waals surface area contributed by atoms with Crippen molar-refractivity contribution in [3.05, 3.63) is 29.8 Å². The van der Waals surface area contributed by atoms with Gasteiger partial charge in [-0.3, -0.25) is 4.79 Å². The molecule has 1 rings (SSSR count). The molecule has 0 aliphatic heterocycles. The molecule has 0 spiro atoms. The van der Waals surface area contributed by atoms with Crippen LogP contribution in [0.4, 0.5) is 5.69 Å². The summed E-state index contributed by atoms with van der Waals surface area (Å²) in [5.74, 6) is 0.680. The van der Waals surface area contributed by atoms with Gasteiger partial charge in [-0.1, -0.05) is 45.4 Å². The number of carbonyl (C=O) groups is 1. The molecule has 19 heavy (non-hydrogen) atoms. The molecule has 1 unspecified atom stereocenters. The van der Waals surface area contributed by atoms with E-state index in [1.54, 1.807) is 0 Å². The van der Waals surface area contributed by atoms with Gasteiger partial charge in [-0.25, -0.2) is 0 Å². The molecule has 0 heterocycles. The number of nitrogens with zero attached hydrogens (tertiary/aromatic N) is 1. The summed E-state index contributed by atoms with van der Waals surface area (Å²) < 4.78 is 0. The molecule has 0 bridgehead atoms. The van der Waals surface area contributed by atoms with Crippen molar-refractivity contribution in [2.24, 2.45) is 5.92 Å². The van der Waals surface area contributed by atoms with E-state index < -0.39 is 0 Å². The Morgan fingerprint density at radius 1 is 1.32 bits per heavy atom. The summed E-state index contributed by atoms with van der Waals surface area (Å²) >= 11 is 0. The minimum atomic E-state index is 0.236. The maximum Gasteiger partial charge on any atom is 0.223 e. The number of hydrogen-bond donors (Lipinski definition) is 1. The number of para-hydroxylation sites is 1. The van der Waals surface area contributed by atoms with E-state index in [2.05, 4.69) is 20.8 Å². The number of amides is 1. The highest BCUT2D eigenvalue weighted by molar-refractivity contribution is 5.76. The van der Waals surface area contributed by atoms with E-state index in [9.17, 15) is 4.79 Å². The Labute approximate surface area is 116 Å². The van der Waals surface area contributed by atoms with Gasteiger partial charge in [0.05, 0.1) is 0 Å².